The molecule has 1 N–H and O–H groups in total. The topological polar surface area (TPSA) is 53.4 Å². The Balaban J connectivity index is 2.16. The van der Waals surface area contributed by atoms with E-state index in [1.807, 2.05) is 35.2 Å². The van der Waals surface area contributed by atoms with Crippen molar-refractivity contribution >= 4 is 22.6 Å². The fraction of sp³-hybridized carbons (Fsp3) is 0.375. The van der Waals surface area contributed by atoms with Crippen LogP contribution in [0.1, 0.15) is 26.2 Å². The van der Waals surface area contributed by atoms with Crippen molar-refractivity contribution in [1.82, 2.24) is 4.98 Å². The van der Waals surface area contributed by atoms with Gasteiger partial charge in [0.15, 0.2) is 0 Å². The minimum atomic E-state index is -0.866. The highest BCUT2D eigenvalue weighted by molar-refractivity contribution is 5.94. The molecule has 3 rings (SSSR count). The molecule has 1 atom stereocenters. The summed E-state index contributed by atoms with van der Waals surface area (Å²) in [6.07, 6.45) is 4.37. The van der Waals surface area contributed by atoms with Gasteiger partial charge in [-0.25, -0.2) is 9.78 Å². The zero-order valence-corrected chi connectivity index (χ0v) is 11.5. The highest BCUT2D eigenvalue weighted by Crippen LogP contribution is 2.35. The van der Waals surface area contributed by atoms with Crippen LogP contribution in [-0.2, 0) is 4.79 Å². The molecule has 104 valence electrons. The first-order valence-corrected chi connectivity index (χ1v) is 6.98. The van der Waals surface area contributed by atoms with Gasteiger partial charge in [-0.2, -0.15) is 0 Å². The number of rotatable bonds is 2. The molecule has 4 heteroatoms. The highest BCUT2D eigenvalue weighted by atomic mass is 16.4. The number of hydrogen-bond acceptors (Lipinski definition) is 3. The molecular formula is C16H18N2O2. The number of piperidine rings is 1. The second-order valence-corrected chi connectivity index (χ2v) is 5.54. The Bertz CT molecular complexity index is 650. The number of pyridine rings is 1. The predicted molar refractivity (Wildman–Crippen MR) is 79.0 cm³/mol. The van der Waals surface area contributed by atoms with E-state index in [1.165, 1.54) is 0 Å². The van der Waals surface area contributed by atoms with Crippen molar-refractivity contribution in [3.63, 3.8) is 0 Å². The quantitative estimate of drug-likeness (QED) is 0.911. The van der Waals surface area contributed by atoms with Gasteiger partial charge in [-0.05, 0) is 37.6 Å². The molecule has 0 amide bonds. The number of nitrogens with zero attached hydrogens (tertiary/aromatic N) is 2. The van der Waals surface area contributed by atoms with Crippen LogP contribution in [0.25, 0.3) is 10.8 Å². The Morgan fingerprint density at radius 1 is 1.30 bits per heavy atom. The van der Waals surface area contributed by atoms with E-state index in [2.05, 4.69) is 4.98 Å². The molecule has 0 spiro atoms. The summed E-state index contributed by atoms with van der Waals surface area (Å²) in [6.45, 7) is 2.54. The van der Waals surface area contributed by atoms with Gasteiger partial charge in [0.05, 0.1) is 0 Å². The molecule has 0 radical (unpaired) electrons. The van der Waals surface area contributed by atoms with E-state index >= 15 is 0 Å². The average molecular weight is 270 g/mol. The SMILES string of the molecule is CC1(C(=O)O)CCCCN1c1nccc2ccccc12. The van der Waals surface area contributed by atoms with Gasteiger partial charge in [0.1, 0.15) is 11.4 Å². The Morgan fingerprint density at radius 3 is 2.90 bits per heavy atom. The van der Waals surface area contributed by atoms with Crippen molar-refractivity contribution in [1.29, 1.82) is 0 Å². The van der Waals surface area contributed by atoms with Gasteiger partial charge >= 0.3 is 5.97 Å². The summed E-state index contributed by atoms with van der Waals surface area (Å²) < 4.78 is 0. The van der Waals surface area contributed by atoms with E-state index in [4.69, 9.17) is 0 Å². The second-order valence-electron chi connectivity index (χ2n) is 5.54. The first-order valence-electron chi connectivity index (χ1n) is 6.98. The minimum absolute atomic E-state index is 0.660. The van der Waals surface area contributed by atoms with E-state index < -0.39 is 11.5 Å². The lowest BCUT2D eigenvalue weighted by atomic mass is 9.88. The first-order chi connectivity index (χ1) is 9.63. The summed E-state index contributed by atoms with van der Waals surface area (Å²) in [6, 6.07) is 9.95. The third kappa shape index (κ3) is 1.92. The Labute approximate surface area is 118 Å². The molecule has 1 aromatic heterocycles. The lowest BCUT2D eigenvalue weighted by Gasteiger charge is -2.42. The number of benzene rings is 1. The number of hydrogen-bond donors (Lipinski definition) is 1. The molecule has 1 aliphatic heterocycles. The van der Waals surface area contributed by atoms with Crippen LogP contribution in [0.3, 0.4) is 0 Å². The normalized spacial score (nSPS) is 22.9. The van der Waals surface area contributed by atoms with E-state index in [1.54, 1.807) is 13.1 Å². The molecule has 0 aliphatic carbocycles. The number of aromatic nitrogens is 1. The van der Waals surface area contributed by atoms with Crippen molar-refractivity contribution in [3.8, 4) is 0 Å². The maximum absolute atomic E-state index is 11.7. The van der Waals surface area contributed by atoms with E-state index in [9.17, 15) is 9.90 Å². The summed E-state index contributed by atoms with van der Waals surface area (Å²) in [5.74, 6) is 0.0136. The number of anilines is 1. The van der Waals surface area contributed by atoms with Crippen LogP contribution < -0.4 is 4.90 Å². The minimum Gasteiger partial charge on any atom is -0.480 e. The molecule has 1 aliphatic rings. The van der Waals surface area contributed by atoms with Gasteiger partial charge in [-0.3, -0.25) is 0 Å². The largest absolute Gasteiger partial charge is 0.480 e. The maximum Gasteiger partial charge on any atom is 0.329 e. The van der Waals surface area contributed by atoms with Crippen LogP contribution in [0.5, 0.6) is 0 Å². The van der Waals surface area contributed by atoms with E-state index in [0.717, 1.165) is 36.0 Å². The predicted octanol–water partition coefficient (Wildman–Crippen LogP) is 3.07. The summed E-state index contributed by atoms with van der Waals surface area (Å²) in [5.41, 5.74) is -0.866. The Kier molecular flexibility index (Phi) is 3.08. The second kappa shape index (κ2) is 4.78. The van der Waals surface area contributed by atoms with Crippen LogP contribution in [0.2, 0.25) is 0 Å². The van der Waals surface area contributed by atoms with Crippen LogP contribution in [-0.4, -0.2) is 28.1 Å². The van der Waals surface area contributed by atoms with Crippen molar-refractivity contribution in [2.24, 2.45) is 0 Å². The number of carbonyl (C=O) groups is 1. The zero-order valence-electron chi connectivity index (χ0n) is 11.5. The number of aliphatic carboxylic acids is 1. The Hall–Kier alpha value is -2.10. The third-order valence-electron chi connectivity index (χ3n) is 4.26. The van der Waals surface area contributed by atoms with Crippen LogP contribution in [0.4, 0.5) is 5.82 Å². The van der Waals surface area contributed by atoms with Gasteiger partial charge in [0.2, 0.25) is 0 Å². The summed E-state index contributed by atoms with van der Waals surface area (Å²) in [7, 11) is 0. The van der Waals surface area contributed by atoms with Crippen LogP contribution in [0.15, 0.2) is 36.5 Å². The molecule has 0 saturated carbocycles. The number of carboxylic acids is 1. The lowest BCUT2D eigenvalue weighted by molar-refractivity contribution is -0.143. The van der Waals surface area contributed by atoms with E-state index in [-0.39, 0.29) is 0 Å². The molecule has 2 aromatic rings. The molecule has 4 nitrogen and oxygen atoms in total. The Morgan fingerprint density at radius 2 is 2.10 bits per heavy atom. The molecule has 20 heavy (non-hydrogen) atoms. The molecule has 1 aromatic carbocycles. The molecule has 1 saturated heterocycles. The summed E-state index contributed by atoms with van der Waals surface area (Å²) >= 11 is 0. The smallest absolute Gasteiger partial charge is 0.329 e. The monoisotopic (exact) mass is 270 g/mol. The van der Waals surface area contributed by atoms with Gasteiger partial charge in [-0.1, -0.05) is 24.3 Å². The number of carboxylic acid groups (broad SMARTS) is 1. The molecule has 2 heterocycles. The van der Waals surface area contributed by atoms with Gasteiger partial charge in [-0.15, -0.1) is 0 Å². The average Bonchev–Trinajstić information content (AvgIpc) is 2.47. The maximum atomic E-state index is 11.7. The van der Waals surface area contributed by atoms with Gasteiger partial charge in [0, 0.05) is 18.1 Å². The van der Waals surface area contributed by atoms with Crippen molar-refractivity contribution < 1.29 is 9.90 Å². The first kappa shape index (κ1) is 12.9. The van der Waals surface area contributed by atoms with Gasteiger partial charge in [0.25, 0.3) is 0 Å². The molecular weight excluding hydrogens is 252 g/mol. The fourth-order valence-corrected chi connectivity index (χ4v) is 3.00. The van der Waals surface area contributed by atoms with Gasteiger partial charge < -0.3 is 10.0 Å². The highest BCUT2D eigenvalue weighted by Gasteiger charge is 2.42. The fourth-order valence-electron chi connectivity index (χ4n) is 3.00. The third-order valence-corrected chi connectivity index (χ3v) is 4.26. The van der Waals surface area contributed by atoms with E-state index in [0.29, 0.717) is 6.42 Å². The zero-order chi connectivity index (χ0) is 14.2. The summed E-state index contributed by atoms with van der Waals surface area (Å²) in [5, 5.41) is 11.7. The standard InChI is InChI=1S/C16H18N2O2/c1-16(15(19)20)9-4-5-11-18(16)14-13-7-3-2-6-12(13)8-10-17-14/h2-3,6-8,10H,4-5,9,11H2,1H3,(H,19,20). The molecule has 1 fully saturated rings. The van der Waals surface area contributed by atoms with Crippen molar-refractivity contribution in [2.75, 3.05) is 11.4 Å². The summed E-state index contributed by atoms with van der Waals surface area (Å²) in [4.78, 5) is 18.2. The van der Waals surface area contributed by atoms with Crippen LogP contribution in [0, 0.1) is 0 Å². The molecule has 1 unspecified atom stereocenters. The number of fused-ring (bicyclic) bond motifs is 1. The van der Waals surface area contributed by atoms with Crippen LogP contribution >= 0.6 is 0 Å². The lowest BCUT2D eigenvalue weighted by Crippen LogP contribution is -2.55. The molecule has 0 bridgehead atoms. The van der Waals surface area contributed by atoms with Crippen molar-refractivity contribution in [3.05, 3.63) is 36.5 Å². The van der Waals surface area contributed by atoms with Crippen molar-refractivity contribution in [2.45, 2.75) is 31.7 Å².